The number of nitrogens with zero attached hydrogens (tertiary/aromatic N) is 1. The average Bonchev–Trinajstić information content (AvgIpc) is 2.36. The van der Waals surface area contributed by atoms with Crippen LogP contribution in [-0.4, -0.2) is 24.2 Å². The minimum Gasteiger partial charge on any atom is -0.478 e. The smallest absolute Gasteiger partial charge is 0.328 e. The molecule has 19 heavy (non-hydrogen) atoms. The lowest BCUT2D eigenvalue weighted by molar-refractivity contribution is -0.131. The summed E-state index contributed by atoms with van der Waals surface area (Å²) in [6, 6.07) is 8.04. The van der Waals surface area contributed by atoms with Crippen LogP contribution in [0.1, 0.15) is 37.7 Å². The molecule has 0 aromatic heterocycles. The summed E-state index contributed by atoms with van der Waals surface area (Å²) in [5.74, 6) is -0.900. The molecular weight excluding hydrogens is 238 g/mol. The summed E-state index contributed by atoms with van der Waals surface area (Å²) in [7, 11) is 0. The van der Waals surface area contributed by atoms with Crippen molar-refractivity contribution in [1.29, 1.82) is 0 Å². The molecule has 0 amide bonds. The van der Waals surface area contributed by atoms with E-state index in [1.54, 1.807) is 6.08 Å². The van der Waals surface area contributed by atoms with Crippen molar-refractivity contribution >= 4 is 17.7 Å². The highest BCUT2D eigenvalue weighted by atomic mass is 16.4. The number of carboxylic acids is 1. The van der Waals surface area contributed by atoms with Gasteiger partial charge in [-0.2, -0.15) is 0 Å². The van der Waals surface area contributed by atoms with E-state index in [0.717, 1.165) is 24.3 Å². The van der Waals surface area contributed by atoms with Crippen molar-refractivity contribution in [2.45, 2.75) is 32.1 Å². The van der Waals surface area contributed by atoms with Crippen molar-refractivity contribution in [1.82, 2.24) is 0 Å². The van der Waals surface area contributed by atoms with E-state index >= 15 is 0 Å². The summed E-state index contributed by atoms with van der Waals surface area (Å²) in [5, 5.41) is 8.76. The first kappa shape index (κ1) is 13.7. The molecule has 1 aliphatic rings. The number of hydrogen-bond acceptors (Lipinski definition) is 2. The molecule has 1 heterocycles. The maximum absolute atomic E-state index is 10.7. The molecule has 1 fully saturated rings. The topological polar surface area (TPSA) is 40.5 Å². The molecule has 1 aromatic rings. The van der Waals surface area contributed by atoms with Gasteiger partial charge in [0.05, 0.1) is 0 Å². The maximum atomic E-state index is 10.7. The molecule has 0 radical (unpaired) electrons. The lowest BCUT2D eigenvalue weighted by atomic mass is 10.1. The van der Waals surface area contributed by atoms with Crippen molar-refractivity contribution in [3.05, 3.63) is 35.9 Å². The van der Waals surface area contributed by atoms with Gasteiger partial charge in [0.1, 0.15) is 0 Å². The second-order valence-corrected chi connectivity index (χ2v) is 4.99. The summed E-state index contributed by atoms with van der Waals surface area (Å²) >= 11 is 0. The van der Waals surface area contributed by atoms with Crippen molar-refractivity contribution in [2.24, 2.45) is 0 Å². The molecule has 1 N–H and O–H groups in total. The minimum atomic E-state index is -0.900. The molecule has 0 spiro atoms. The van der Waals surface area contributed by atoms with Crippen LogP contribution in [0.2, 0.25) is 0 Å². The molecule has 0 unspecified atom stereocenters. The Kier molecular flexibility index (Phi) is 5.01. The Balaban J connectivity index is 2.19. The fourth-order valence-corrected chi connectivity index (χ4v) is 2.57. The van der Waals surface area contributed by atoms with Gasteiger partial charge in [0.2, 0.25) is 0 Å². The maximum Gasteiger partial charge on any atom is 0.328 e. The molecule has 3 heteroatoms. The second kappa shape index (κ2) is 6.98. The van der Waals surface area contributed by atoms with Gasteiger partial charge in [-0.1, -0.05) is 37.5 Å². The molecule has 3 nitrogen and oxygen atoms in total. The monoisotopic (exact) mass is 259 g/mol. The van der Waals surface area contributed by atoms with E-state index in [0.29, 0.717) is 0 Å². The van der Waals surface area contributed by atoms with Gasteiger partial charge < -0.3 is 10.0 Å². The van der Waals surface area contributed by atoms with Crippen LogP contribution < -0.4 is 4.90 Å². The quantitative estimate of drug-likeness (QED) is 0.844. The zero-order valence-electron chi connectivity index (χ0n) is 11.2. The first-order chi connectivity index (χ1) is 9.27. The van der Waals surface area contributed by atoms with Gasteiger partial charge in [-0.05, 0) is 30.5 Å². The average molecular weight is 259 g/mol. The summed E-state index contributed by atoms with van der Waals surface area (Å²) in [5.41, 5.74) is 2.15. The first-order valence-corrected chi connectivity index (χ1v) is 7.02. The van der Waals surface area contributed by atoms with Gasteiger partial charge in [0, 0.05) is 24.9 Å². The normalized spacial score (nSPS) is 17.2. The van der Waals surface area contributed by atoms with Crippen LogP contribution in [0, 0.1) is 0 Å². The van der Waals surface area contributed by atoms with Gasteiger partial charge in [-0.15, -0.1) is 0 Å². The lowest BCUT2D eigenvalue weighted by Gasteiger charge is -2.28. The third kappa shape index (κ3) is 4.12. The second-order valence-electron chi connectivity index (χ2n) is 4.99. The van der Waals surface area contributed by atoms with Crippen LogP contribution in [0.15, 0.2) is 30.3 Å². The Morgan fingerprint density at radius 1 is 1.05 bits per heavy atom. The van der Waals surface area contributed by atoms with Gasteiger partial charge >= 0.3 is 5.97 Å². The zero-order chi connectivity index (χ0) is 13.5. The van der Waals surface area contributed by atoms with E-state index in [-0.39, 0.29) is 0 Å². The van der Waals surface area contributed by atoms with Crippen LogP contribution in [0.5, 0.6) is 0 Å². The largest absolute Gasteiger partial charge is 0.478 e. The van der Waals surface area contributed by atoms with Crippen LogP contribution in [0.3, 0.4) is 0 Å². The van der Waals surface area contributed by atoms with Crippen molar-refractivity contribution in [3.8, 4) is 0 Å². The number of anilines is 1. The Bertz CT molecular complexity index is 446. The number of benzene rings is 1. The molecule has 0 bridgehead atoms. The standard InChI is InChI=1S/C16H21NO2/c18-16(19)11-10-14-8-4-5-9-15(14)17-12-6-2-1-3-7-13-17/h4-5,8-11H,1-3,6-7,12-13H2,(H,18,19)/b11-10+. The van der Waals surface area contributed by atoms with Crippen molar-refractivity contribution < 1.29 is 9.90 Å². The number of carbonyl (C=O) groups is 1. The van der Waals surface area contributed by atoms with E-state index in [4.69, 9.17) is 5.11 Å². The molecule has 0 saturated carbocycles. The Hall–Kier alpha value is -1.77. The predicted molar refractivity (Wildman–Crippen MR) is 78.4 cm³/mol. The highest BCUT2D eigenvalue weighted by Gasteiger charge is 2.11. The Labute approximate surface area is 114 Å². The summed E-state index contributed by atoms with van der Waals surface area (Å²) in [4.78, 5) is 13.0. The van der Waals surface area contributed by atoms with Gasteiger partial charge in [0.15, 0.2) is 0 Å². The fourth-order valence-electron chi connectivity index (χ4n) is 2.57. The van der Waals surface area contributed by atoms with Gasteiger partial charge in [-0.25, -0.2) is 4.79 Å². The van der Waals surface area contributed by atoms with Crippen LogP contribution >= 0.6 is 0 Å². The molecule has 0 aliphatic carbocycles. The summed E-state index contributed by atoms with van der Waals surface area (Å²) in [6.07, 6.45) is 9.27. The number of rotatable bonds is 3. The van der Waals surface area contributed by atoms with Crippen molar-refractivity contribution in [3.63, 3.8) is 0 Å². The van der Waals surface area contributed by atoms with E-state index in [1.807, 2.05) is 18.2 Å². The molecule has 1 aromatic carbocycles. The Morgan fingerprint density at radius 3 is 2.37 bits per heavy atom. The van der Waals surface area contributed by atoms with E-state index in [9.17, 15) is 4.79 Å². The van der Waals surface area contributed by atoms with E-state index in [1.165, 1.54) is 38.2 Å². The molecule has 0 atom stereocenters. The number of carboxylic acid groups (broad SMARTS) is 1. The summed E-state index contributed by atoms with van der Waals surface area (Å²) < 4.78 is 0. The number of aliphatic carboxylic acids is 1. The molecule has 2 rings (SSSR count). The lowest BCUT2D eigenvalue weighted by Crippen LogP contribution is -2.27. The van der Waals surface area contributed by atoms with Crippen LogP contribution in [-0.2, 0) is 4.79 Å². The van der Waals surface area contributed by atoms with Crippen LogP contribution in [0.4, 0.5) is 5.69 Å². The van der Waals surface area contributed by atoms with Crippen LogP contribution in [0.25, 0.3) is 6.08 Å². The molecule has 1 saturated heterocycles. The first-order valence-electron chi connectivity index (χ1n) is 7.02. The third-order valence-electron chi connectivity index (χ3n) is 3.54. The zero-order valence-corrected chi connectivity index (χ0v) is 11.2. The molecule has 1 aliphatic heterocycles. The Morgan fingerprint density at radius 2 is 1.68 bits per heavy atom. The number of hydrogen-bond donors (Lipinski definition) is 1. The molecular formula is C16H21NO2. The highest BCUT2D eigenvalue weighted by molar-refractivity contribution is 5.87. The summed E-state index contributed by atoms with van der Waals surface area (Å²) in [6.45, 7) is 2.13. The third-order valence-corrected chi connectivity index (χ3v) is 3.54. The van der Waals surface area contributed by atoms with Gasteiger partial charge in [-0.3, -0.25) is 0 Å². The van der Waals surface area contributed by atoms with Crippen molar-refractivity contribution in [2.75, 3.05) is 18.0 Å². The molecule has 102 valence electrons. The van der Waals surface area contributed by atoms with Gasteiger partial charge in [0.25, 0.3) is 0 Å². The van der Waals surface area contributed by atoms with E-state index < -0.39 is 5.97 Å². The fraction of sp³-hybridized carbons (Fsp3) is 0.438. The predicted octanol–water partition coefficient (Wildman–Crippen LogP) is 3.55. The number of para-hydroxylation sites is 1. The highest BCUT2D eigenvalue weighted by Crippen LogP contribution is 2.24. The SMILES string of the molecule is O=C(O)/C=C/c1ccccc1N1CCCCCCC1. The minimum absolute atomic E-state index is 0.900. The van der Waals surface area contributed by atoms with E-state index in [2.05, 4.69) is 11.0 Å².